The Morgan fingerprint density at radius 1 is 1.53 bits per heavy atom. The molecule has 1 fully saturated rings. The first-order valence-corrected chi connectivity index (χ1v) is 6.39. The fourth-order valence-electron chi connectivity index (χ4n) is 2.72. The number of carboxylic acids is 1. The van der Waals surface area contributed by atoms with Crippen LogP contribution in [0, 0.1) is 12.8 Å². The molecule has 2 rings (SSSR count). The van der Waals surface area contributed by atoms with Crippen LogP contribution in [0.5, 0.6) is 0 Å². The molecular formula is C13H18N2O4. The average molecular weight is 266 g/mol. The van der Waals surface area contributed by atoms with Crippen molar-refractivity contribution in [2.75, 3.05) is 0 Å². The van der Waals surface area contributed by atoms with Crippen molar-refractivity contribution in [1.82, 2.24) is 10.3 Å². The second kappa shape index (κ2) is 5.03. The van der Waals surface area contributed by atoms with Gasteiger partial charge in [0, 0.05) is 0 Å². The topological polar surface area (TPSA) is 92.4 Å². The summed E-state index contributed by atoms with van der Waals surface area (Å²) in [4.78, 5) is 27.3. The molecular weight excluding hydrogens is 248 g/mol. The Morgan fingerprint density at radius 2 is 2.26 bits per heavy atom. The van der Waals surface area contributed by atoms with Crippen LogP contribution in [0.25, 0.3) is 0 Å². The molecule has 1 aliphatic carbocycles. The van der Waals surface area contributed by atoms with Gasteiger partial charge in [0.2, 0.25) is 5.76 Å². The van der Waals surface area contributed by atoms with E-state index in [2.05, 4.69) is 10.3 Å². The molecule has 1 aromatic rings. The third-order valence-electron chi connectivity index (χ3n) is 3.86. The number of hydrogen-bond donors (Lipinski definition) is 2. The number of nitrogens with zero attached hydrogens (tertiary/aromatic N) is 1. The zero-order valence-electron chi connectivity index (χ0n) is 11.1. The smallest absolute Gasteiger partial charge is 0.308 e. The predicted octanol–water partition coefficient (Wildman–Crippen LogP) is 1.75. The summed E-state index contributed by atoms with van der Waals surface area (Å²) in [6.45, 7) is 3.46. The van der Waals surface area contributed by atoms with Gasteiger partial charge in [-0.15, -0.1) is 0 Å². The van der Waals surface area contributed by atoms with Gasteiger partial charge in [-0.05, 0) is 26.7 Å². The molecule has 0 spiro atoms. The number of aryl methyl sites for hydroxylation is 1. The van der Waals surface area contributed by atoms with Crippen molar-refractivity contribution >= 4 is 11.9 Å². The molecule has 0 radical (unpaired) electrons. The number of carbonyl (C=O) groups is 2. The SMILES string of the molecule is Cc1ncoc1C(=O)NC1(C)CCCCC1C(=O)O. The van der Waals surface area contributed by atoms with Crippen LogP contribution in [0.1, 0.15) is 48.9 Å². The largest absolute Gasteiger partial charge is 0.481 e. The van der Waals surface area contributed by atoms with E-state index >= 15 is 0 Å². The second-order valence-electron chi connectivity index (χ2n) is 5.28. The standard InChI is InChI=1S/C13H18N2O4/c1-8-10(19-7-14-8)11(16)15-13(2)6-4-3-5-9(13)12(17)18/h7,9H,3-6H2,1-2H3,(H,15,16)(H,17,18). The van der Waals surface area contributed by atoms with E-state index in [1.165, 1.54) is 6.39 Å². The molecule has 2 atom stereocenters. The molecule has 1 heterocycles. The molecule has 0 aliphatic heterocycles. The quantitative estimate of drug-likeness (QED) is 0.869. The highest BCUT2D eigenvalue weighted by Gasteiger charge is 2.42. The molecule has 2 unspecified atom stereocenters. The molecule has 0 saturated heterocycles. The number of hydrogen-bond acceptors (Lipinski definition) is 4. The van der Waals surface area contributed by atoms with Crippen molar-refractivity contribution in [1.29, 1.82) is 0 Å². The molecule has 1 saturated carbocycles. The van der Waals surface area contributed by atoms with Gasteiger partial charge in [-0.25, -0.2) is 4.98 Å². The maximum absolute atomic E-state index is 12.1. The molecule has 0 bridgehead atoms. The molecule has 1 aliphatic rings. The molecule has 2 N–H and O–H groups in total. The first-order chi connectivity index (χ1) is 8.94. The van der Waals surface area contributed by atoms with E-state index in [0.717, 1.165) is 12.8 Å². The van der Waals surface area contributed by atoms with Gasteiger partial charge in [-0.3, -0.25) is 9.59 Å². The van der Waals surface area contributed by atoms with Gasteiger partial charge in [0.05, 0.1) is 17.2 Å². The number of amides is 1. The third kappa shape index (κ3) is 2.62. The highest BCUT2D eigenvalue weighted by atomic mass is 16.4. The summed E-state index contributed by atoms with van der Waals surface area (Å²) in [7, 11) is 0. The van der Waals surface area contributed by atoms with E-state index in [-0.39, 0.29) is 5.76 Å². The normalized spacial score (nSPS) is 26.9. The van der Waals surface area contributed by atoms with Crippen molar-refractivity contribution in [2.45, 2.75) is 45.1 Å². The van der Waals surface area contributed by atoms with Crippen LogP contribution in [0.4, 0.5) is 0 Å². The Balaban J connectivity index is 2.17. The van der Waals surface area contributed by atoms with Crippen molar-refractivity contribution in [3.05, 3.63) is 17.8 Å². The highest BCUT2D eigenvalue weighted by molar-refractivity contribution is 5.93. The number of carbonyl (C=O) groups excluding carboxylic acids is 1. The van der Waals surface area contributed by atoms with E-state index in [1.807, 2.05) is 0 Å². The minimum atomic E-state index is -0.864. The van der Waals surface area contributed by atoms with Crippen molar-refractivity contribution in [3.8, 4) is 0 Å². The lowest BCUT2D eigenvalue weighted by molar-refractivity contribution is -0.145. The molecule has 104 valence electrons. The zero-order valence-corrected chi connectivity index (χ0v) is 11.1. The van der Waals surface area contributed by atoms with Gasteiger partial charge in [0.1, 0.15) is 0 Å². The summed E-state index contributed by atoms with van der Waals surface area (Å²) in [5, 5.41) is 12.1. The minimum Gasteiger partial charge on any atom is -0.481 e. The van der Waals surface area contributed by atoms with E-state index in [4.69, 9.17) is 4.42 Å². The maximum Gasteiger partial charge on any atom is 0.308 e. The maximum atomic E-state index is 12.1. The van der Waals surface area contributed by atoms with E-state index < -0.39 is 23.3 Å². The Labute approximate surface area is 111 Å². The summed E-state index contributed by atoms with van der Waals surface area (Å²) in [6, 6.07) is 0. The summed E-state index contributed by atoms with van der Waals surface area (Å²) >= 11 is 0. The van der Waals surface area contributed by atoms with Crippen LogP contribution in [0.3, 0.4) is 0 Å². The fourth-order valence-corrected chi connectivity index (χ4v) is 2.72. The number of aliphatic carboxylic acids is 1. The van der Waals surface area contributed by atoms with Crippen LogP contribution in [0.15, 0.2) is 10.8 Å². The Hall–Kier alpha value is -1.85. The van der Waals surface area contributed by atoms with Crippen molar-refractivity contribution in [2.24, 2.45) is 5.92 Å². The van der Waals surface area contributed by atoms with Crippen LogP contribution in [-0.4, -0.2) is 27.5 Å². The average Bonchev–Trinajstić information content (AvgIpc) is 2.75. The van der Waals surface area contributed by atoms with Gasteiger partial charge in [0.25, 0.3) is 5.91 Å². The molecule has 19 heavy (non-hydrogen) atoms. The molecule has 6 nitrogen and oxygen atoms in total. The van der Waals surface area contributed by atoms with Gasteiger partial charge < -0.3 is 14.8 Å². The van der Waals surface area contributed by atoms with Crippen molar-refractivity contribution < 1.29 is 19.1 Å². The first kappa shape index (κ1) is 13.6. The van der Waals surface area contributed by atoms with Crippen LogP contribution in [0.2, 0.25) is 0 Å². The number of aromatic nitrogens is 1. The molecule has 1 amide bonds. The lowest BCUT2D eigenvalue weighted by Gasteiger charge is -2.39. The lowest BCUT2D eigenvalue weighted by Crippen LogP contribution is -2.55. The van der Waals surface area contributed by atoms with Gasteiger partial charge in [-0.1, -0.05) is 12.8 Å². The Kier molecular flexibility index (Phi) is 3.59. The Morgan fingerprint density at radius 3 is 2.84 bits per heavy atom. The van der Waals surface area contributed by atoms with Gasteiger partial charge >= 0.3 is 5.97 Å². The second-order valence-corrected chi connectivity index (χ2v) is 5.28. The summed E-state index contributed by atoms with van der Waals surface area (Å²) in [6.07, 6.45) is 4.24. The summed E-state index contributed by atoms with van der Waals surface area (Å²) < 4.78 is 5.04. The predicted molar refractivity (Wildman–Crippen MR) is 66.7 cm³/mol. The third-order valence-corrected chi connectivity index (χ3v) is 3.86. The molecule has 1 aromatic heterocycles. The monoisotopic (exact) mass is 266 g/mol. The highest BCUT2D eigenvalue weighted by Crippen LogP contribution is 2.34. The van der Waals surface area contributed by atoms with Crippen LogP contribution in [-0.2, 0) is 4.79 Å². The van der Waals surface area contributed by atoms with E-state index in [0.29, 0.717) is 18.5 Å². The number of nitrogens with one attached hydrogen (secondary N) is 1. The van der Waals surface area contributed by atoms with Crippen LogP contribution < -0.4 is 5.32 Å². The zero-order chi connectivity index (χ0) is 14.0. The Bertz CT molecular complexity index is 497. The van der Waals surface area contributed by atoms with Gasteiger partial charge in [0.15, 0.2) is 6.39 Å². The molecule has 0 aromatic carbocycles. The fraction of sp³-hybridized carbons (Fsp3) is 0.615. The number of oxazole rings is 1. The first-order valence-electron chi connectivity index (χ1n) is 6.39. The van der Waals surface area contributed by atoms with Crippen molar-refractivity contribution in [3.63, 3.8) is 0 Å². The van der Waals surface area contributed by atoms with Gasteiger partial charge in [-0.2, -0.15) is 0 Å². The number of rotatable bonds is 3. The summed E-state index contributed by atoms with van der Waals surface area (Å²) in [5.74, 6) is -1.67. The van der Waals surface area contributed by atoms with E-state index in [1.54, 1.807) is 13.8 Å². The minimum absolute atomic E-state index is 0.149. The van der Waals surface area contributed by atoms with E-state index in [9.17, 15) is 14.7 Å². The summed E-state index contributed by atoms with van der Waals surface area (Å²) in [5.41, 5.74) is -0.232. The number of carboxylic acid groups (broad SMARTS) is 1. The lowest BCUT2D eigenvalue weighted by atomic mass is 9.74. The van der Waals surface area contributed by atoms with Crippen LogP contribution >= 0.6 is 0 Å². The molecule has 6 heteroatoms.